The zero-order valence-corrected chi connectivity index (χ0v) is 15.2. The number of H-pyrrole nitrogens is 1. The minimum absolute atomic E-state index is 0.0409. The van der Waals surface area contributed by atoms with Crippen LogP contribution in [0.25, 0.3) is 12.2 Å². The van der Waals surface area contributed by atoms with Crippen LogP contribution in [-0.2, 0) is 0 Å². The van der Waals surface area contributed by atoms with Gasteiger partial charge < -0.3 is 9.72 Å². The highest BCUT2D eigenvalue weighted by Crippen LogP contribution is 2.20. The number of aromatic amines is 1. The van der Waals surface area contributed by atoms with Gasteiger partial charge in [-0.05, 0) is 24.3 Å². The molecule has 1 N–H and O–H groups in total. The van der Waals surface area contributed by atoms with Crippen LogP contribution in [-0.4, -0.2) is 17.4 Å². The van der Waals surface area contributed by atoms with Crippen LogP contribution in [0.1, 0.15) is 15.9 Å². The van der Waals surface area contributed by atoms with Gasteiger partial charge in [-0.15, -0.1) is 11.3 Å². The van der Waals surface area contributed by atoms with Crippen LogP contribution in [0.3, 0.4) is 0 Å². The SMILES string of the molecule is O=C(/C=c1/[nH]c(=O)/c(=C/c2ccccc2OC(F)F)s1)c1cccc(Cl)c1. The summed E-state index contributed by atoms with van der Waals surface area (Å²) in [5.74, 6) is -0.358. The van der Waals surface area contributed by atoms with Crippen molar-refractivity contribution in [1.82, 2.24) is 4.98 Å². The Kier molecular flexibility index (Phi) is 5.83. The summed E-state index contributed by atoms with van der Waals surface area (Å²) in [6.45, 7) is -2.97. The van der Waals surface area contributed by atoms with E-state index in [-0.39, 0.29) is 16.1 Å². The molecule has 3 aromatic rings. The summed E-state index contributed by atoms with van der Waals surface area (Å²) in [5.41, 5.74) is 0.285. The average molecular weight is 408 g/mol. The van der Waals surface area contributed by atoms with E-state index in [9.17, 15) is 18.4 Å². The number of carbonyl (C=O) groups excluding carboxylic acids is 1. The Hall–Kier alpha value is -2.77. The Bertz CT molecular complexity index is 1150. The number of halogens is 3. The number of benzene rings is 2. The molecule has 0 aliphatic carbocycles. The predicted molar refractivity (Wildman–Crippen MR) is 101 cm³/mol. The average Bonchev–Trinajstić information content (AvgIpc) is 2.95. The molecule has 2 aromatic carbocycles. The van der Waals surface area contributed by atoms with Crippen LogP contribution in [0.15, 0.2) is 53.3 Å². The number of hydrogen-bond donors (Lipinski definition) is 1. The van der Waals surface area contributed by atoms with Crippen LogP contribution in [0.4, 0.5) is 8.78 Å². The van der Waals surface area contributed by atoms with Crippen LogP contribution in [0.2, 0.25) is 5.02 Å². The smallest absolute Gasteiger partial charge is 0.387 e. The zero-order valence-electron chi connectivity index (χ0n) is 13.6. The van der Waals surface area contributed by atoms with E-state index in [4.69, 9.17) is 11.6 Å². The zero-order chi connectivity index (χ0) is 19.4. The molecule has 0 saturated carbocycles. The fourth-order valence-electron chi connectivity index (χ4n) is 2.31. The van der Waals surface area contributed by atoms with Crippen molar-refractivity contribution >= 4 is 40.9 Å². The van der Waals surface area contributed by atoms with Gasteiger partial charge in [0.25, 0.3) is 5.56 Å². The van der Waals surface area contributed by atoms with Crippen molar-refractivity contribution in [3.05, 3.63) is 84.2 Å². The largest absolute Gasteiger partial charge is 0.434 e. The Labute approximate surface area is 161 Å². The molecule has 138 valence electrons. The summed E-state index contributed by atoms with van der Waals surface area (Å²) >= 11 is 6.90. The maximum atomic E-state index is 12.5. The quantitative estimate of drug-likeness (QED) is 0.661. The first-order chi connectivity index (χ1) is 12.9. The maximum absolute atomic E-state index is 12.5. The number of thiazole rings is 1. The summed E-state index contributed by atoms with van der Waals surface area (Å²) in [7, 11) is 0. The Morgan fingerprint density at radius 3 is 2.70 bits per heavy atom. The second kappa shape index (κ2) is 8.28. The van der Waals surface area contributed by atoms with Gasteiger partial charge in [0.2, 0.25) is 0 Å². The van der Waals surface area contributed by atoms with Crippen molar-refractivity contribution in [2.45, 2.75) is 6.61 Å². The summed E-state index contributed by atoms with van der Waals surface area (Å²) in [6, 6.07) is 12.6. The number of ketones is 1. The third-order valence-corrected chi connectivity index (χ3v) is 4.67. The lowest BCUT2D eigenvalue weighted by molar-refractivity contribution is -0.0499. The van der Waals surface area contributed by atoms with Crippen LogP contribution < -0.4 is 19.5 Å². The highest BCUT2D eigenvalue weighted by Gasteiger charge is 2.08. The number of ether oxygens (including phenoxy) is 1. The molecular formula is C19H12ClF2NO3S. The molecule has 8 heteroatoms. The third-order valence-electron chi connectivity index (χ3n) is 3.47. The number of para-hydroxylation sites is 1. The lowest BCUT2D eigenvalue weighted by Gasteiger charge is -2.06. The first kappa shape index (κ1) is 19.0. The van der Waals surface area contributed by atoms with Gasteiger partial charge in [0.1, 0.15) is 5.75 Å². The topological polar surface area (TPSA) is 59.2 Å². The Morgan fingerprint density at radius 1 is 1.19 bits per heavy atom. The molecule has 0 saturated heterocycles. The Morgan fingerprint density at radius 2 is 1.96 bits per heavy atom. The van der Waals surface area contributed by atoms with Gasteiger partial charge in [0.05, 0.1) is 9.20 Å². The lowest BCUT2D eigenvalue weighted by Crippen LogP contribution is -2.20. The van der Waals surface area contributed by atoms with Gasteiger partial charge in [0, 0.05) is 22.2 Å². The molecule has 0 atom stereocenters. The summed E-state index contributed by atoms with van der Waals surface area (Å²) in [4.78, 5) is 27.0. The van der Waals surface area contributed by atoms with E-state index >= 15 is 0 Å². The molecule has 4 nitrogen and oxygen atoms in total. The summed E-state index contributed by atoms with van der Waals surface area (Å²) < 4.78 is 30.0. The molecule has 0 aliphatic rings. The molecular weight excluding hydrogens is 396 g/mol. The third kappa shape index (κ3) is 4.90. The molecule has 0 bridgehead atoms. The van der Waals surface area contributed by atoms with Crippen molar-refractivity contribution in [2.75, 3.05) is 0 Å². The fraction of sp³-hybridized carbons (Fsp3) is 0.0526. The lowest BCUT2D eigenvalue weighted by atomic mass is 10.1. The minimum atomic E-state index is -2.97. The molecule has 27 heavy (non-hydrogen) atoms. The number of alkyl halides is 2. The number of nitrogens with one attached hydrogen (secondary N) is 1. The first-order valence-corrected chi connectivity index (χ1v) is 8.88. The van der Waals surface area contributed by atoms with Gasteiger partial charge in [-0.1, -0.05) is 41.9 Å². The molecule has 1 aromatic heterocycles. The standard InChI is InChI=1S/C19H12ClF2NO3S/c20-13-6-3-5-11(8-13)14(24)10-17-23-18(25)16(27-17)9-12-4-1-2-7-15(12)26-19(21)22/h1-10,19H,(H,23,25)/b16-9-,17-10-. The minimum Gasteiger partial charge on any atom is -0.434 e. The van der Waals surface area contributed by atoms with Gasteiger partial charge in [-0.2, -0.15) is 8.78 Å². The number of carbonyl (C=O) groups is 1. The molecule has 0 radical (unpaired) electrons. The van der Waals surface area contributed by atoms with Crippen LogP contribution in [0.5, 0.6) is 5.75 Å². The molecule has 0 spiro atoms. The number of hydrogen-bond acceptors (Lipinski definition) is 4. The molecule has 0 unspecified atom stereocenters. The van der Waals surface area contributed by atoms with Crippen LogP contribution in [0, 0.1) is 0 Å². The normalized spacial score (nSPS) is 12.6. The predicted octanol–water partition coefficient (Wildman–Crippen LogP) is 3.18. The van der Waals surface area contributed by atoms with Crippen molar-refractivity contribution in [2.24, 2.45) is 0 Å². The van der Waals surface area contributed by atoms with E-state index in [2.05, 4.69) is 9.72 Å². The van der Waals surface area contributed by atoms with E-state index in [1.165, 1.54) is 24.3 Å². The van der Waals surface area contributed by atoms with Gasteiger partial charge in [-0.3, -0.25) is 9.59 Å². The molecule has 0 amide bonds. The van der Waals surface area contributed by atoms with Gasteiger partial charge in [0.15, 0.2) is 5.78 Å². The molecule has 0 aliphatic heterocycles. The monoisotopic (exact) mass is 407 g/mol. The van der Waals surface area contributed by atoms with Crippen molar-refractivity contribution in [1.29, 1.82) is 0 Å². The van der Waals surface area contributed by atoms with E-state index in [1.54, 1.807) is 36.4 Å². The van der Waals surface area contributed by atoms with Crippen molar-refractivity contribution in [3.8, 4) is 5.75 Å². The highest BCUT2D eigenvalue weighted by atomic mass is 35.5. The fourth-order valence-corrected chi connectivity index (χ4v) is 3.38. The van der Waals surface area contributed by atoms with Crippen molar-refractivity contribution < 1.29 is 18.3 Å². The number of aromatic nitrogens is 1. The van der Waals surface area contributed by atoms with Crippen molar-refractivity contribution in [3.63, 3.8) is 0 Å². The summed E-state index contributed by atoms with van der Waals surface area (Å²) in [6.07, 6.45) is 2.72. The number of Topliss-reactive ketones (excluding diaryl/α,β-unsaturated/α-hetero) is 1. The second-order valence-electron chi connectivity index (χ2n) is 5.36. The number of rotatable bonds is 5. The van der Waals surface area contributed by atoms with Gasteiger partial charge >= 0.3 is 6.61 Å². The summed E-state index contributed by atoms with van der Waals surface area (Å²) in [5, 5.41) is 0.429. The molecule has 1 heterocycles. The van der Waals surface area contributed by atoms with Gasteiger partial charge in [-0.25, -0.2) is 0 Å². The van der Waals surface area contributed by atoms with Crippen LogP contribution >= 0.6 is 22.9 Å². The van der Waals surface area contributed by atoms with E-state index < -0.39 is 12.2 Å². The Balaban J connectivity index is 1.99. The maximum Gasteiger partial charge on any atom is 0.387 e. The van der Waals surface area contributed by atoms with E-state index in [0.717, 1.165) is 11.3 Å². The first-order valence-electron chi connectivity index (χ1n) is 7.69. The van der Waals surface area contributed by atoms with E-state index in [1.807, 2.05) is 0 Å². The molecule has 0 fully saturated rings. The highest BCUT2D eigenvalue weighted by molar-refractivity contribution is 7.07. The molecule has 3 rings (SSSR count). The van der Waals surface area contributed by atoms with E-state index in [0.29, 0.717) is 20.8 Å². The second-order valence-corrected chi connectivity index (χ2v) is 6.88.